The van der Waals surface area contributed by atoms with Gasteiger partial charge in [0.15, 0.2) is 0 Å². The van der Waals surface area contributed by atoms with Gasteiger partial charge < -0.3 is 9.32 Å². The van der Waals surface area contributed by atoms with E-state index in [0.29, 0.717) is 24.4 Å². The Labute approximate surface area is 162 Å². The van der Waals surface area contributed by atoms with Crippen LogP contribution in [0, 0.1) is 13.8 Å². The van der Waals surface area contributed by atoms with Gasteiger partial charge in [-0.15, -0.1) is 5.10 Å². The summed E-state index contributed by atoms with van der Waals surface area (Å²) in [4.78, 5) is 26.4. The van der Waals surface area contributed by atoms with Crippen molar-refractivity contribution in [2.24, 2.45) is 0 Å². The van der Waals surface area contributed by atoms with Crippen molar-refractivity contribution in [3.63, 3.8) is 0 Å². The second kappa shape index (κ2) is 7.26. The molecule has 1 N–H and O–H groups in total. The SMILES string of the molecule is Cc1ccc(N2CC(c3nnc(NC(=O)c4cccc(C)c4)o3)CC2=O)cc1. The molecule has 2 heterocycles. The molecule has 2 amide bonds. The third-order valence-corrected chi connectivity index (χ3v) is 4.76. The summed E-state index contributed by atoms with van der Waals surface area (Å²) in [6.07, 6.45) is 0.293. The summed E-state index contributed by atoms with van der Waals surface area (Å²) in [5, 5.41) is 10.5. The molecule has 3 aromatic rings. The van der Waals surface area contributed by atoms with Gasteiger partial charge in [-0.3, -0.25) is 14.9 Å². The Balaban J connectivity index is 1.45. The maximum absolute atomic E-state index is 12.4. The van der Waals surface area contributed by atoms with E-state index in [1.807, 2.05) is 50.2 Å². The molecule has 1 saturated heterocycles. The monoisotopic (exact) mass is 376 g/mol. The van der Waals surface area contributed by atoms with Crippen molar-refractivity contribution in [1.82, 2.24) is 10.2 Å². The molecule has 0 aliphatic carbocycles. The van der Waals surface area contributed by atoms with E-state index in [4.69, 9.17) is 4.42 Å². The smallest absolute Gasteiger partial charge is 0.322 e. The van der Waals surface area contributed by atoms with Gasteiger partial charge in [-0.1, -0.05) is 40.5 Å². The number of rotatable bonds is 4. The molecule has 142 valence electrons. The van der Waals surface area contributed by atoms with Gasteiger partial charge in [-0.25, -0.2) is 0 Å². The molecule has 7 nitrogen and oxygen atoms in total. The average Bonchev–Trinajstić information content (AvgIpc) is 3.29. The fourth-order valence-electron chi connectivity index (χ4n) is 3.25. The number of nitrogens with zero attached hydrogens (tertiary/aromatic N) is 3. The second-order valence-electron chi connectivity index (χ2n) is 7.01. The van der Waals surface area contributed by atoms with Crippen LogP contribution >= 0.6 is 0 Å². The summed E-state index contributed by atoms with van der Waals surface area (Å²) in [6.45, 7) is 4.39. The zero-order chi connectivity index (χ0) is 19.7. The normalized spacial score (nSPS) is 16.4. The topological polar surface area (TPSA) is 88.3 Å². The van der Waals surface area contributed by atoms with Crippen LogP contribution in [0.2, 0.25) is 0 Å². The second-order valence-corrected chi connectivity index (χ2v) is 7.01. The highest BCUT2D eigenvalue weighted by Gasteiger charge is 2.35. The predicted octanol–water partition coefficient (Wildman–Crippen LogP) is 3.46. The number of carbonyl (C=O) groups excluding carboxylic acids is 2. The van der Waals surface area contributed by atoms with E-state index in [9.17, 15) is 9.59 Å². The highest BCUT2D eigenvalue weighted by atomic mass is 16.4. The highest BCUT2D eigenvalue weighted by molar-refractivity contribution is 6.03. The minimum Gasteiger partial charge on any atom is -0.407 e. The minimum atomic E-state index is -0.317. The quantitative estimate of drug-likeness (QED) is 0.753. The number of amides is 2. The van der Waals surface area contributed by atoms with Gasteiger partial charge in [0, 0.05) is 24.2 Å². The first-order chi connectivity index (χ1) is 13.5. The largest absolute Gasteiger partial charge is 0.407 e. The zero-order valence-corrected chi connectivity index (χ0v) is 15.7. The number of hydrogen-bond acceptors (Lipinski definition) is 5. The van der Waals surface area contributed by atoms with Crippen molar-refractivity contribution < 1.29 is 14.0 Å². The van der Waals surface area contributed by atoms with Crippen LogP contribution in [0.3, 0.4) is 0 Å². The molecule has 1 fully saturated rings. The van der Waals surface area contributed by atoms with E-state index in [1.165, 1.54) is 0 Å². The molecule has 1 unspecified atom stereocenters. The van der Waals surface area contributed by atoms with E-state index < -0.39 is 0 Å². The Bertz CT molecular complexity index is 1030. The van der Waals surface area contributed by atoms with Gasteiger partial charge in [0.2, 0.25) is 11.8 Å². The van der Waals surface area contributed by atoms with Crippen molar-refractivity contribution in [3.05, 3.63) is 71.1 Å². The summed E-state index contributed by atoms with van der Waals surface area (Å²) in [7, 11) is 0. The van der Waals surface area contributed by atoms with E-state index in [2.05, 4.69) is 15.5 Å². The number of anilines is 2. The van der Waals surface area contributed by atoms with Crippen LogP contribution in [0.15, 0.2) is 52.9 Å². The molecule has 1 atom stereocenters. The van der Waals surface area contributed by atoms with Gasteiger partial charge in [0.1, 0.15) is 0 Å². The van der Waals surface area contributed by atoms with E-state index >= 15 is 0 Å². The molecule has 0 bridgehead atoms. The van der Waals surface area contributed by atoms with Crippen LogP contribution in [-0.4, -0.2) is 28.6 Å². The lowest BCUT2D eigenvalue weighted by Gasteiger charge is -2.16. The Kier molecular flexibility index (Phi) is 4.65. The Morgan fingerprint density at radius 1 is 1.11 bits per heavy atom. The molecule has 28 heavy (non-hydrogen) atoms. The third kappa shape index (κ3) is 3.64. The minimum absolute atomic E-state index is 0.0115. The van der Waals surface area contributed by atoms with Gasteiger partial charge in [-0.2, -0.15) is 0 Å². The van der Waals surface area contributed by atoms with Crippen molar-refractivity contribution >= 4 is 23.5 Å². The molecule has 4 rings (SSSR count). The number of aryl methyl sites for hydroxylation is 2. The Morgan fingerprint density at radius 2 is 1.89 bits per heavy atom. The van der Waals surface area contributed by atoms with Gasteiger partial charge in [0.05, 0.1) is 5.92 Å². The van der Waals surface area contributed by atoms with Crippen LogP contribution in [-0.2, 0) is 4.79 Å². The van der Waals surface area contributed by atoms with Crippen molar-refractivity contribution in [3.8, 4) is 0 Å². The predicted molar refractivity (Wildman–Crippen MR) is 104 cm³/mol. The molecule has 1 aliphatic heterocycles. The summed E-state index contributed by atoms with van der Waals surface area (Å²) in [5.41, 5.74) is 3.49. The highest BCUT2D eigenvalue weighted by Crippen LogP contribution is 2.31. The van der Waals surface area contributed by atoms with Crippen LogP contribution in [0.1, 0.15) is 39.7 Å². The lowest BCUT2D eigenvalue weighted by Crippen LogP contribution is -2.24. The molecule has 7 heteroatoms. The molecular weight excluding hydrogens is 356 g/mol. The average molecular weight is 376 g/mol. The number of aromatic nitrogens is 2. The molecule has 1 aromatic heterocycles. The summed E-state index contributed by atoms with van der Waals surface area (Å²) < 4.78 is 5.61. The van der Waals surface area contributed by atoms with Crippen LogP contribution in [0.25, 0.3) is 0 Å². The fraction of sp³-hybridized carbons (Fsp3) is 0.238. The van der Waals surface area contributed by atoms with Gasteiger partial charge >= 0.3 is 6.01 Å². The Hall–Kier alpha value is -3.48. The lowest BCUT2D eigenvalue weighted by molar-refractivity contribution is -0.117. The van der Waals surface area contributed by atoms with Crippen molar-refractivity contribution in [2.75, 3.05) is 16.8 Å². The third-order valence-electron chi connectivity index (χ3n) is 4.76. The molecule has 0 spiro atoms. The fourth-order valence-corrected chi connectivity index (χ4v) is 3.25. The van der Waals surface area contributed by atoms with Crippen molar-refractivity contribution in [2.45, 2.75) is 26.2 Å². The molecule has 2 aromatic carbocycles. The first kappa shape index (κ1) is 17.9. The van der Waals surface area contributed by atoms with E-state index in [-0.39, 0.29) is 23.7 Å². The standard InChI is InChI=1S/C21H20N4O3/c1-13-6-8-17(9-7-13)25-12-16(11-18(25)26)20-23-24-21(28-20)22-19(27)15-5-3-4-14(2)10-15/h3-10,16H,11-12H2,1-2H3,(H,22,24,27). The molecular formula is C21H20N4O3. The number of carbonyl (C=O) groups is 2. The summed E-state index contributed by atoms with van der Waals surface area (Å²) >= 11 is 0. The molecule has 0 saturated carbocycles. The van der Waals surface area contributed by atoms with Crippen LogP contribution < -0.4 is 10.2 Å². The number of hydrogen-bond donors (Lipinski definition) is 1. The Morgan fingerprint density at radius 3 is 2.64 bits per heavy atom. The van der Waals surface area contributed by atoms with Crippen LogP contribution in [0.4, 0.5) is 11.7 Å². The van der Waals surface area contributed by atoms with Crippen molar-refractivity contribution in [1.29, 1.82) is 0 Å². The zero-order valence-electron chi connectivity index (χ0n) is 15.7. The maximum Gasteiger partial charge on any atom is 0.322 e. The van der Waals surface area contributed by atoms with E-state index in [0.717, 1.165) is 16.8 Å². The summed E-state index contributed by atoms with van der Waals surface area (Å²) in [5.74, 6) is -0.159. The molecule has 1 aliphatic rings. The van der Waals surface area contributed by atoms with Gasteiger partial charge in [-0.05, 0) is 38.1 Å². The summed E-state index contributed by atoms with van der Waals surface area (Å²) in [6, 6.07) is 15.1. The first-order valence-corrected chi connectivity index (χ1v) is 9.08. The molecule has 0 radical (unpaired) electrons. The van der Waals surface area contributed by atoms with E-state index in [1.54, 1.807) is 17.0 Å². The first-order valence-electron chi connectivity index (χ1n) is 9.08. The maximum atomic E-state index is 12.4. The number of benzene rings is 2. The van der Waals surface area contributed by atoms with Gasteiger partial charge in [0.25, 0.3) is 5.91 Å². The number of nitrogens with one attached hydrogen (secondary N) is 1. The van der Waals surface area contributed by atoms with Crippen LogP contribution in [0.5, 0.6) is 0 Å². The lowest BCUT2D eigenvalue weighted by atomic mass is 10.1.